The topological polar surface area (TPSA) is 89.6 Å². The molecule has 0 saturated heterocycles. The molecule has 0 aliphatic rings. The third kappa shape index (κ3) is 3.93. The number of anilines is 1. The van der Waals surface area contributed by atoms with Crippen LogP contribution in [0.25, 0.3) is 0 Å². The summed E-state index contributed by atoms with van der Waals surface area (Å²) in [5.41, 5.74) is 0.657. The first kappa shape index (κ1) is 13.8. The van der Waals surface area contributed by atoms with Crippen LogP contribution in [0.3, 0.4) is 0 Å². The highest BCUT2D eigenvalue weighted by Gasteiger charge is 2.09. The van der Waals surface area contributed by atoms with Crippen molar-refractivity contribution in [2.24, 2.45) is 0 Å². The van der Waals surface area contributed by atoms with E-state index in [2.05, 4.69) is 15.6 Å². The number of aromatic nitrogens is 1. The minimum atomic E-state index is -0.581. The Hall–Kier alpha value is -2.31. The predicted molar refractivity (Wildman–Crippen MR) is 64.7 cm³/mol. The molecule has 18 heavy (non-hydrogen) atoms. The largest absolute Gasteiger partial charge is 0.450 e. The Morgan fingerprint density at radius 2 is 2.11 bits per heavy atom. The molecule has 0 atom stereocenters. The summed E-state index contributed by atoms with van der Waals surface area (Å²) in [5.74, 6) is 0.652. The molecule has 0 aliphatic carbocycles. The first-order valence-corrected chi connectivity index (χ1v) is 5.36. The molecule has 0 saturated carbocycles. The fourth-order valence-corrected chi connectivity index (χ4v) is 1.16. The highest BCUT2D eigenvalue weighted by Crippen LogP contribution is 2.18. The van der Waals surface area contributed by atoms with Crippen molar-refractivity contribution in [2.75, 3.05) is 19.0 Å². The van der Waals surface area contributed by atoms with Crippen LogP contribution in [0.2, 0.25) is 0 Å². The fourth-order valence-electron chi connectivity index (χ4n) is 1.16. The van der Waals surface area contributed by atoms with Crippen LogP contribution in [-0.2, 0) is 4.74 Å². The lowest BCUT2D eigenvalue weighted by Crippen LogP contribution is -2.22. The number of nitrogens with one attached hydrogen (secondary N) is 2. The van der Waals surface area contributed by atoms with Crippen LogP contribution < -0.4 is 15.4 Å². The first-order valence-electron chi connectivity index (χ1n) is 5.36. The van der Waals surface area contributed by atoms with Gasteiger partial charge in [-0.3, -0.25) is 5.32 Å². The van der Waals surface area contributed by atoms with Gasteiger partial charge in [0.05, 0.1) is 12.8 Å². The number of rotatable bonds is 3. The lowest BCUT2D eigenvalue weighted by Gasteiger charge is -2.09. The summed E-state index contributed by atoms with van der Waals surface area (Å²) in [5, 5.41) is 4.80. The lowest BCUT2D eigenvalue weighted by atomic mass is 10.3. The predicted octanol–water partition coefficient (Wildman–Crippen LogP) is 1.68. The summed E-state index contributed by atoms with van der Waals surface area (Å²) in [6.07, 6.45) is 0.180. The molecule has 0 radical (unpaired) electrons. The molecule has 2 N–H and O–H groups in total. The third-order valence-corrected chi connectivity index (χ3v) is 1.96. The zero-order valence-electron chi connectivity index (χ0n) is 10.4. The van der Waals surface area contributed by atoms with Gasteiger partial charge in [0, 0.05) is 7.05 Å². The summed E-state index contributed by atoms with van der Waals surface area (Å²) >= 11 is 0. The molecule has 1 aromatic rings. The minimum Gasteiger partial charge on any atom is -0.450 e. The van der Waals surface area contributed by atoms with Crippen molar-refractivity contribution in [1.82, 2.24) is 10.3 Å². The van der Waals surface area contributed by atoms with Crippen molar-refractivity contribution in [2.45, 2.75) is 13.8 Å². The van der Waals surface area contributed by atoms with E-state index in [9.17, 15) is 9.59 Å². The lowest BCUT2D eigenvalue weighted by molar-refractivity contribution is 0.167. The van der Waals surface area contributed by atoms with E-state index in [1.54, 1.807) is 19.9 Å². The smallest absolute Gasteiger partial charge is 0.412 e. The maximum Gasteiger partial charge on any atom is 0.412 e. The Kier molecular flexibility index (Phi) is 4.91. The van der Waals surface area contributed by atoms with Gasteiger partial charge in [-0.05, 0) is 25.5 Å². The molecule has 0 unspecified atom stereocenters. The highest BCUT2D eigenvalue weighted by molar-refractivity contribution is 5.84. The number of aryl methyl sites for hydroxylation is 1. The van der Waals surface area contributed by atoms with E-state index < -0.39 is 12.2 Å². The molecule has 1 heterocycles. The summed E-state index contributed by atoms with van der Waals surface area (Å²) in [7, 11) is 1.46. The van der Waals surface area contributed by atoms with E-state index in [1.807, 2.05) is 0 Å². The molecule has 0 aliphatic heterocycles. The summed E-state index contributed by atoms with van der Waals surface area (Å²) in [6.45, 7) is 3.72. The van der Waals surface area contributed by atoms with Crippen molar-refractivity contribution in [3.63, 3.8) is 0 Å². The number of pyridine rings is 1. The SMILES string of the molecule is CCOC(=O)Nc1ncc(OC(=O)NC)cc1C. The van der Waals surface area contributed by atoms with Gasteiger partial charge in [0.15, 0.2) is 5.75 Å². The van der Waals surface area contributed by atoms with E-state index in [-0.39, 0.29) is 6.61 Å². The Morgan fingerprint density at radius 3 is 2.67 bits per heavy atom. The summed E-state index contributed by atoms with van der Waals surface area (Å²) < 4.78 is 9.62. The Labute approximate surface area is 104 Å². The van der Waals surface area contributed by atoms with Gasteiger partial charge in [0.2, 0.25) is 0 Å². The number of ether oxygens (including phenoxy) is 2. The third-order valence-electron chi connectivity index (χ3n) is 1.96. The average Bonchev–Trinajstić information content (AvgIpc) is 2.33. The van der Waals surface area contributed by atoms with Crippen molar-refractivity contribution in [3.8, 4) is 5.75 Å². The zero-order chi connectivity index (χ0) is 13.5. The van der Waals surface area contributed by atoms with E-state index >= 15 is 0 Å². The van der Waals surface area contributed by atoms with Gasteiger partial charge in [-0.1, -0.05) is 0 Å². The van der Waals surface area contributed by atoms with E-state index in [0.29, 0.717) is 17.1 Å². The number of carbonyl (C=O) groups excluding carboxylic acids is 2. The second-order valence-corrected chi connectivity index (χ2v) is 3.32. The molecular formula is C11H15N3O4. The van der Waals surface area contributed by atoms with Crippen molar-refractivity contribution in [1.29, 1.82) is 0 Å². The molecule has 0 aromatic carbocycles. The molecule has 98 valence electrons. The Bertz CT molecular complexity index is 448. The molecule has 1 aromatic heterocycles. The molecule has 7 heteroatoms. The molecule has 7 nitrogen and oxygen atoms in total. The van der Waals surface area contributed by atoms with Gasteiger partial charge in [0.25, 0.3) is 0 Å². The van der Waals surface area contributed by atoms with Gasteiger partial charge in [0.1, 0.15) is 5.82 Å². The number of nitrogens with zero attached hydrogens (tertiary/aromatic N) is 1. The van der Waals surface area contributed by atoms with Gasteiger partial charge >= 0.3 is 12.2 Å². The van der Waals surface area contributed by atoms with Gasteiger partial charge in [-0.15, -0.1) is 0 Å². The number of hydrogen-bond acceptors (Lipinski definition) is 5. The quantitative estimate of drug-likeness (QED) is 0.855. The highest BCUT2D eigenvalue weighted by atomic mass is 16.6. The van der Waals surface area contributed by atoms with Crippen LogP contribution in [0.1, 0.15) is 12.5 Å². The Morgan fingerprint density at radius 1 is 1.39 bits per heavy atom. The Balaban J connectivity index is 2.73. The van der Waals surface area contributed by atoms with Crippen molar-refractivity contribution >= 4 is 18.0 Å². The van der Waals surface area contributed by atoms with Gasteiger partial charge < -0.3 is 14.8 Å². The molecule has 0 bridgehead atoms. The van der Waals surface area contributed by atoms with Crippen LogP contribution >= 0.6 is 0 Å². The summed E-state index contributed by atoms with van der Waals surface area (Å²) in [4.78, 5) is 26.2. The van der Waals surface area contributed by atoms with Gasteiger partial charge in [-0.25, -0.2) is 14.6 Å². The van der Waals surface area contributed by atoms with Gasteiger partial charge in [-0.2, -0.15) is 0 Å². The molecular weight excluding hydrogens is 238 g/mol. The van der Waals surface area contributed by atoms with Crippen molar-refractivity contribution < 1.29 is 19.1 Å². The van der Waals surface area contributed by atoms with Crippen LogP contribution in [0, 0.1) is 6.92 Å². The number of amides is 2. The molecule has 1 rings (SSSR count). The molecule has 0 fully saturated rings. The second-order valence-electron chi connectivity index (χ2n) is 3.32. The zero-order valence-corrected chi connectivity index (χ0v) is 10.4. The van der Waals surface area contributed by atoms with Crippen molar-refractivity contribution in [3.05, 3.63) is 17.8 Å². The average molecular weight is 253 g/mol. The summed E-state index contributed by atoms with van der Waals surface area (Å²) in [6, 6.07) is 1.59. The molecule has 2 amide bonds. The number of carbonyl (C=O) groups is 2. The standard InChI is InChI=1S/C11H15N3O4/c1-4-17-11(16)14-9-7(2)5-8(6-13-9)18-10(15)12-3/h5-6H,4H2,1-3H3,(H,12,15)(H,13,14,16). The van der Waals surface area contributed by atoms with Crippen LogP contribution in [-0.4, -0.2) is 30.8 Å². The monoisotopic (exact) mass is 253 g/mol. The number of hydrogen-bond donors (Lipinski definition) is 2. The van der Waals surface area contributed by atoms with E-state index in [0.717, 1.165) is 0 Å². The minimum absolute atomic E-state index is 0.281. The van der Waals surface area contributed by atoms with E-state index in [1.165, 1.54) is 13.2 Å². The van der Waals surface area contributed by atoms with E-state index in [4.69, 9.17) is 9.47 Å². The van der Waals surface area contributed by atoms with Crippen LogP contribution in [0.4, 0.5) is 15.4 Å². The molecule has 0 spiro atoms. The maximum absolute atomic E-state index is 11.2. The van der Waals surface area contributed by atoms with Crippen LogP contribution in [0.15, 0.2) is 12.3 Å². The second kappa shape index (κ2) is 6.43. The van der Waals surface area contributed by atoms with Crippen LogP contribution in [0.5, 0.6) is 5.75 Å². The fraction of sp³-hybridized carbons (Fsp3) is 0.364. The first-order chi connectivity index (χ1) is 8.56. The maximum atomic E-state index is 11.2. The normalized spacial score (nSPS) is 9.50.